The third-order valence-corrected chi connectivity index (χ3v) is 4.45. The third kappa shape index (κ3) is 2.38. The van der Waals surface area contributed by atoms with Crippen molar-refractivity contribution in [3.8, 4) is 0 Å². The first-order chi connectivity index (χ1) is 10.5. The second kappa shape index (κ2) is 5.50. The number of amides is 1. The van der Waals surface area contributed by atoms with Gasteiger partial charge in [0.05, 0.1) is 0 Å². The Morgan fingerprint density at radius 2 is 1.86 bits per heavy atom. The standard InChI is InChI=1S/C18H17ClN2O/c1-11-6-4-8-15(12(11)2)20-18(22)17-10-13-14(19)7-5-9-16(13)21(17)3/h4-10H,1-3H3,(H,20,22). The topological polar surface area (TPSA) is 34.0 Å². The van der Waals surface area contributed by atoms with E-state index < -0.39 is 0 Å². The Bertz CT molecular complexity index is 880. The maximum absolute atomic E-state index is 12.6. The van der Waals surface area contributed by atoms with Crippen molar-refractivity contribution in [2.45, 2.75) is 13.8 Å². The van der Waals surface area contributed by atoms with E-state index in [2.05, 4.69) is 5.32 Å². The van der Waals surface area contributed by atoms with E-state index in [1.54, 1.807) is 0 Å². The minimum absolute atomic E-state index is 0.136. The Balaban J connectivity index is 2.01. The number of carbonyl (C=O) groups excluding carboxylic acids is 1. The average molecular weight is 313 g/mol. The van der Waals surface area contributed by atoms with E-state index in [1.165, 1.54) is 0 Å². The molecule has 0 saturated heterocycles. The molecule has 0 spiro atoms. The molecule has 1 aromatic heterocycles. The van der Waals surface area contributed by atoms with Crippen LogP contribution in [0.25, 0.3) is 10.9 Å². The normalized spacial score (nSPS) is 10.9. The van der Waals surface area contributed by atoms with E-state index in [9.17, 15) is 4.79 Å². The largest absolute Gasteiger partial charge is 0.340 e. The van der Waals surface area contributed by atoms with Crippen LogP contribution < -0.4 is 5.32 Å². The number of anilines is 1. The summed E-state index contributed by atoms with van der Waals surface area (Å²) in [7, 11) is 1.87. The molecular formula is C18H17ClN2O. The van der Waals surface area contributed by atoms with Crippen LogP contribution in [-0.4, -0.2) is 10.5 Å². The molecule has 0 unspecified atom stereocenters. The Hall–Kier alpha value is -2.26. The van der Waals surface area contributed by atoms with Crippen molar-refractivity contribution in [3.05, 3.63) is 64.3 Å². The summed E-state index contributed by atoms with van der Waals surface area (Å²) in [6.07, 6.45) is 0. The van der Waals surface area contributed by atoms with Gasteiger partial charge in [0.2, 0.25) is 0 Å². The van der Waals surface area contributed by atoms with E-state index in [-0.39, 0.29) is 5.91 Å². The molecule has 0 aliphatic heterocycles. The molecular weight excluding hydrogens is 296 g/mol. The minimum atomic E-state index is -0.136. The number of hydrogen-bond donors (Lipinski definition) is 1. The highest BCUT2D eigenvalue weighted by atomic mass is 35.5. The van der Waals surface area contributed by atoms with Gasteiger partial charge >= 0.3 is 0 Å². The molecule has 0 aliphatic rings. The number of benzene rings is 2. The zero-order chi connectivity index (χ0) is 15.9. The van der Waals surface area contributed by atoms with Crippen molar-refractivity contribution >= 4 is 34.1 Å². The van der Waals surface area contributed by atoms with Crippen LogP contribution >= 0.6 is 11.6 Å². The zero-order valence-corrected chi connectivity index (χ0v) is 13.5. The maximum atomic E-state index is 12.6. The monoisotopic (exact) mass is 312 g/mol. The lowest BCUT2D eigenvalue weighted by molar-refractivity contribution is 0.101. The number of nitrogens with one attached hydrogen (secondary N) is 1. The molecule has 112 valence electrons. The molecule has 4 heteroatoms. The van der Waals surface area contributed by atoms with Crippen molar-refractivity contribution in [3.63, 3.8) is 0 Å². The van der Waals surface area contributed by atoms with Crippen LogP contribution in [-0.2, 0) is 7.05 Å². The highest BCUT2D eigenvalue weighted by molar-refractivity contribution is 6.35. The molecule has 1 heterocycles. The molecule has 1 N–H and O–H groups in total. The van der Waals surface area contributed by atoms with Gasteiger partial charge in [-0.25, -0.2) is 0 Å². The van der Waals surface area contributed by atoms with Gasteiger partial charge in [0.15, 0.2) is 0 Å². The van der Waals surface area contributed by atoms with Crippen LogP contribution in [0.1, 0.15) is 21.6 Å². The van der Waals surface area contributed by atoms with E-state index in [1.807, 2.05) is 67.9 Å². The molecule has 3 nitrogen and oxygen atoms in total. The minimum Gasteiger partial charge on any atom is -0.340 e. The van der Waals surface area contributed by atoms with E-state index in [0.717, 1.165) is 27.7 Å². The summed E-state index contributed by atoms with van der Waals surface area (Å²) in [5, 5.41) is 4.52. The molecule has 2 aromatic carbocycles. The number of halogens is 1. The third-order valence-electron chi connectivity index (χ3n) is 4.12. The first kappa shape index (κ1) is 14.7. The van der Waals surface area contributed by atoms with E-state index in [4.69, 9.17) is 11.6 Å². The number of nitrogens with zero attached hydrogens (tertiary/aromatic N) is 1. The number of aryl methyl sites for hydroxylation is 2. The van der Waals surface area contributed by atoms with Crippen molar-refractivity contribution in [2.24, 2.45) is 7.05 Å². The summed E-state index contributed by atoms with van der Waals surface area (Å²) in [4.78, 5) is 12.6. The van der Waals surface area contributed by atoms with E-state index in [0.29, 0.717) is 10.7 Å². The second-order valence-corrected chi connectivity index (χ2v) is 5.87. The molecule has 22 heavy (non-hydrogen) atoms. The number of aromatic nitrogens is 1. The fraction of sp³-hybridized carbons (Fsp3) is 0.167. The summed E-state index contributed by atoms with van der Waals surface area (Å²) in [6, 6.07) is 13.4. The fourth-order valence-corrected chi connectivity index (χ4v) is 2.84. The number of carbonyl (C=O) groups is 1. The van der Waals surface area contributed by atoms with Crippen LogP contribution in [0.4, 0.5) is 5.69 Å². The summed E-state index contributed by atoms with van der Waals surface area (Å²) in [6.45, 7) is 4.03. The molecule has 0 atom stereocenters. The Kier molecular flexibility index (Phi) is 3.67. The van der Waals surface area contributed by atoms with Crippen LogP contribution in [0, 0.1) is 13.8 Å². The van der Waals surface area contributed by atoms with E-state index >= 15 is 0 Å². The number of fused-ring (bicyclic) bond motifs is 1. The molecule has 1 amide bonds. The Labute approximate surface area is 134 Å². The van der Waals surface area contributed by atoms with Gasteiger partial charge in [-0.1, -0.05) is 29.8 Å². The first-order valence-electron chi connectivity index (χ1n) is 7.10. The number of rotatable bonds is 2. The number of hydrogen-bond acceptors (Lipinski definition) is 1. The van der Waals surface area contributed by atoms with Crippen LogP contribution in [0.2, 0.25) is 5.02 Å². The zero-order valence-electron chi connectivity index (χ0n) is 12.8. The molecule has 3 rings (SSSR count). The highest BCUT2D eigenvalue weighted by Crippen LogP contribution is 2.27. The molecule has 0 aliphatic carbocycles. The van der Waals surface area contributed by atoms with Crippen molar-refractivity contribution in [2.75, 3.05) is 5.32 Å². The summed E-state index contributed by atoms with van der Waals surface area (Å²) in [5.74, 6) is -0.136. The van der Waals surface area contributed by atoms with Gasteiger partial charge in [-0.15, -0.1) is 0 Å². The van der Waals surface area contributed by atoms with Gasteiger partial charge in [-0.05, 0) is 49.2 Å². The maximum Gasteiger partial charge on any atom is 0.272 e. The van der Waals surface area contributed by atoms with Gasteiger partial charge in [-0.2, -0.15) is 0 Å². The van der Waals surface area contributed by atoms with Crippen molar-refractivity contribution in [1.29, 1.82) is 0 Å². The fourth-order valence-electron chi connectivity index (χ4n) is 2.62. The lowest BCUT2D eigenvalue weighted by Crippen LogP contribution is -2.16. The summed E-state index contributed by atoms with van der Waals surface area (Å²) < 4.78 is 1.86. The summed E-state index contributed by atoms with van der Waals surface area (Å²) in [5.41, 5.74) is 4.59. The van der Waals surface area contributed by atoms with Gasteiger partial charge in [0.25, 0.3) is 5.91 Å². The van der Waals surface area contributed by atoms with Gasteiger partial charge < -0.3 is 9.88 Å². The Morgan fingerprint density at radius 1 is 1.14 bits per heavy atom. The van der Waals surface area contributed by atoms with Crippen LogP contribution in [0.15, 0.2) is 42.5 Å². The molecule has 3 aromatic rings. The molecule has 0 bridgehead atoms. The molecule has 0 saturated carbocycles. The smallest absolute Gasteiger partial charge is 0.272 e. The quantitative estimate of drug-likeness (QED) is 0.731. The van der Waals surface area contributed by atoms with Gasteiger partial charge in [0.1, 0.15) is 5.69 Å². The van der Waals surface area contributed by atoms with Gasteiger partial charge in [-0.3, -0.25) is 4.79 Å². The predicted octanol–water partition coefficient (Wildman–Crippen LogP) is 4.70. The van der Waals surface area contributed by atoms with Gasteiger partial charge in [0, 0.05) is 28.7 Å². The summed E-state index contributed by atoms with van der Waals surface area (Å²) >= 11 is 6.21. The van der Waals surface area contributed by atoms with Crippen molar-refractivity contribution < 1.29 is 4.79 Å². The second-order valence-electron chi connectivity index (χ2n) is 5.46. The average Bonchev–Trinajstić information content (AvgIpc) is 2.83. The molecule has 0 fully saturated rings. The SMILES string of the molecule is Cc1cccc(NC(=O)c2cc3c(Cl)cccc3n2C)c1C. The predicted molar refractivity (Wildman–Crippen MR) is 91.8 cm³/mol. The Morgan fingerprint density at radius 3 is 2.59 bits per heavy atom. The molecule has 0 radical (unpaired) electrons. The first-order valence-corrected chi connectivity index (χ1v) is 7.48. The highest BCUT2D eigenvalue weighted by Gasteiger charge is 2.15. The lowest BCUT2D eigenvalue weighted by atomic mass is 10.1. The lowest BCUT2D eigenvalue weighted by Gasteiger charge is -2.10. The van der Waals surface area contributed by atoms with Crippen molar-refractivity contribution in [1.82, 2.24) is 4.57 Å². The van der Waals surface area contributed by atoms with Crippen LogP contribution in [0.3, 0.4) is 0 Å². The van der Waals surface area contributed by atoms with Crippen LogP contribution in [0.5, 0.6) is 0 Å².